The summed E-state index contributed by atoms with van der Waals surface area (Å²) < 4.78 is 0. The molecule has 0 radical (unpaired) electrons. The highest BCUT2D eigenvalue weighted by atomic mass is 15.4. The molecular formula is C16H24N2. The topological polar surface area (TPSA) is 6.48 Å². The monoisotopic (exact) mass is 244 g/mol. The molecule has 0 N–H and O–H groups in total. The Morgan fingerprint density at radius 2 is 2.06 bits per heavy atom. The van der Waals surface area contributed by atoms with Crippen LogP contribution in [-0.4, -0.2) is 41.0 Å². The van der Waals surface area contributed by atoms with E-state index in [1.165, 1.54) is 30.6 Å². The summed E-state index contributed by atoms with van der Waals surface area (Å²) in [5.74, 6) is 0. The van der Waals surface area contributed by atoms with Crippen molar-refractivity contribution < 1.29 is 0 Å². The van der Waals surface area contributed by atoms with Gasteiger partial charge in [0.15, 0.2) is 0 Å². The van der Waals surface area contributed by atoms with Gasteiger partial charge in [-0.05, 0) is 32.8 Å². The fourth-order valence-electron chi connectivity index (χ4n) is 3.65. The predicted octanol–water partition coefficient (Wildman–Crippen LogP) is 2.66. The number of hydrogen-bond donors (Lipinski definition) is 0. The predicted molar refractivity (Wildman–Crippen MR) is 75.6 cm³/mol. The fraction of sp³-hybridized carbons (Fsp3) is 0.625. The van der Waals surface area contributed by atoms with Crippen LogP contribution in [0.5, 0.6) is 0 Å². The van der Waals surface area contributed by atoms with E-state index in [1.54, 1.807) is 0 Å². The lowest BCUT2D eigenvalue weighted by atomic mass is 10.1. The van der Waals surface area contributed by atoms with Crippen molar-refractivity contribution in [2.75, 3.05) is 13.1 Å². The first-order valence-corrected chi connectivity index (χ1v) is 7.19. The lowest BCUT2D eigenvalue weighted by Gasteiger charge is -2.36. The number of rotatable bonds is 3. The SMILES string of the molecule is Cc1cccc(CN2CC3CC2CN3C(C)C)c1. The van der Waals surface area contributed by atoms with Crippen molar-refractivity contribution >= 4 is 0 Å². The molecule has 2 bridgehead atoms. The van der Waals surface area contributed by atoms with E-state index < -0.39 is 0 Å². The molecule has 0 aliphatic carbocycles. The van der Waals surface area contributed by atoms with Gasteiger partial charge in [-0.25, -0.2) is 0 Å². The van der Waals surface area contributed by atoms with Crippen LogP contribution in [0.15, 0.2) is 24.3 Å². The minimum absolute atomic E-state index is 0.709. The normalized spacial score (nSPS) is 28.4. The van der Waals surface area contributed by atoms with Crippen LogP contribution in [0.1, 0.15) is 31.4 Å². The fourth-order valence-corrected chi connectivity index (χ4v) is 3.65. The summed E-state index contributed by atoms with van der Waals surface area (Å²) in [6.45, 7) is 10.5. The maximum Gasteiger partial charge on any atom is 0.0242 e. The summed E-state index contributed by atoms with van der Waals surface area (Å²) >= 11 is 0. The van der Waals surface area contributed by atoms with Crippen LogP contribution in [-0.2, 0) is 6.54 Å². The van der Waals surface area contributed by atoms with E-state index >= 15 is 0 Å². The molecule has 2 nitrogen and oxygen atoms in total. The summed E-state index contributed by atoms with van der Waals surface area (Å²) in [5.41, 5.74) is 2.85. The van der Waals surface area contributed by atoms with Crippen LogP contribution in [0.2, 0.25) is 0 Å². The van der Waals surface area contributed by atoms with Crippen LogP contribution in [0.3, 0.4) is 0 Å². The lowest BCUT2D eigenvalue weighted by Crippen LogP contribution is -2.48. The molecule has 1 aromatic carbocycles. The van der Waals surface area contributed by atoms with E-state index in [0.29, 0.717) is 6.04 Å². The van der Waals surface area contributed by atoms with E-state index in [0.717, 1.165) is 18.6 Å². The van der Waals surface area contributed by atoms with Gasteiger partial charge >= 0.3 is 0 Å². The summed E-state index contributed by atoms with van der Waals surface area (Å²) in [6, 6.07) is 11.3. The summed E-state index contributed by atoms with van der Waals surface area (Å²) in [4.78, 5) is 5.36. The van der Waals surface area contributed by atoms with E-state index in [4.69, 9.17) is 0 Å². The maximum absolute atomic E-state index is 2.68. The number of likely N-dealkylation sites (tertiary alicyclic amines) is 2. The van der Waals surface area contributed by atoms with Gasteiger partial charge in [-0.3, -0.25) is 9.80 Å². The van der Waals surface area contributed by atoms with Crippen LogP contribution >= 0.6 is 0 Å². The Hall–Kier alpha value is -0.860. The van der Waals surface area contributed by atoms with Gasteiger partial charge < -0.3 is 0 Å². The van der Waals surface area contributed by atoms with E-state index in [9.17, 15) is 0 Å². The van der Waals surface area contributed by atoms with Crippen molar-refractivity contribution in [3.63, 3.8) is 0 Å². The Bertz CT molecular complexity index is 427. The molecule has 2 atom stereocenters. The zero-order chi connectivity index (χ0) is 12.7. The first-order valence-electron chi connectivity index (χ1n) is 7.19. The van der Waals surface area contributed by atoms with Gasteiger partial charge in [0.1, 0.15) is 0 Å². The van der Waals surface area contributed by atoms with Gasteiger partial charge in [0, 0.05) is 37.8 Å². The van der Waals surface area contributed by atoms with Crippen LogP contribution < -0.4 is 0 Å². The highest BCUT2D eigenvalue weighted by Crippen LogP contribution is 2.33. The van der Waals surface area contributed by atoms with Crippen molar-refractivity contribution in [1.29, 1.82) is 0 Å². The Labute approximate surface area is 111 Å². The van der Waals surface area contributed by atoms with Crippen molar-refractivity contribution in [1.82, 2.24) is 9.80 Å². The van der Waals surface area contributed by atoms with Gasteiger partial charge in [-0.1, -0.05) is 29.8 Å². The summed E-state index contributed by atoms with van der Waals surface area (Å²) in [7, 11) is 0. The van der Waals surface area contributed by atoms with Crippen LogP contribution in [0.25, 0.3) is 0 Å². The molecule has 98 valence electrons. The molecule has 2 saturated heterocycles. The average Bonchev–Trinajstić information content (AvgIpc) is 2.88. The van der Waals surface area contributed by atoms with Gasteiger partial charge in [0.2, 0.25) is 0 Å². The van der Waals surface area contributed by atoms with Crippen LogP contribution in [0, 0.1) is 6.92 Å². The Morgan fingerprint density at radius 1 is 1.22 bits per heavy atom. The number of benzene rings is 1. The third-order valence-corrected chi connectivity index (χ3v) is 4.53. The Kier molecular flexibility index (Phi) is 3.16. The molecule has 0 spiro atoms. The van der Waals surface area contributed by atoms with Crippen molar-refractivity contribution in [2.24, 2.45) is 0 Å². The van der Waals surface area contributed by atoms with E-state index in [1.807, 2.05) is 0 Å². The van der Waals surface area contributed by atoms with Gasteiger partial charge in [-0.15, -0.1) is 0 Å². The smallest absolute Gasteiger partial charge is 0.0242 e. The molecule has 18 heavy (non-hydrogen) atoms. The minimum Gasteiger partial charge on any atom is -0.295 e. The number of nitrogens with zero attached hydrogens (tertiary/aromatic N) is 2. The molecule has 2 aliphatic rings. The maximum atomic E-state index is 2.68. The van der Waals surface area contributed by atoms with Gasteiger partial charge in [0.25, 0.3) is 0 Å². The molecule has 0 saturated carbocycles. The third-order valence-electron chi connectivity index (χ3n) is 4.53. The van der Waals surface area contributed by atoms with Crippen molar-refractivity contribution in [2.45, 2.75) is 51.9 Å². The molecule has 3 rings (SSSR count). The first-order chi connectivity index (χ1) is 8.63. The quantitative estimate of drug-likeness (QED) is 0.806. The molecule has 2 heteroatoms. The minimum atomic E-state index is 0.709. The standard InChI is InChI=1S/C16H24N2/c1-12(2)18-11-15-8-16(18)10-17(15)9-14-6-4-5-13(3)7-14/h4-7,12,15-16H,8-11H2,1-3H3. The molecule has 0 aromatic heterocycles. The molecule has 2 heterocycles. The summed E-state index contributed by atoms with van der Waals surface area (Å²) in [5, 5.41) is 0. The number of fused-ring (bicyclic) bond motifs is 2. The number of piperazine rings is 1. The van der Waals surface area contributed by atoms with E-state index in [2.05, 4.69) is 54.8 Å². The second-order valence-corrected chi connectivity index (χ2v) is 6.25. The van der Waals surface area contributed by atoms with Gasteiger partial charge in [-0.2, -0.15) is 0 Å². The molecular weight excluding hydrogens is 220 g/mol. The molecule has 1 aromatic rings. The average molecular weight is 244 g/mol. The molecule has 2 aliphatic heterocycles. The van der Waals surface area contributed by atoms with Gasteiger partial charge in [0.05, 0.1) is 0 Å². The largest absolute Gasteiger partial charge is 0.295 e. The van der Waals surface area contributed by atoms with E-state index in [-0.39, 0.29) is 0 Å². The zero-order valence-corrected chi connectivity index (χ0v) is 11.8. The molecule has 2 unspecified atom stereocenters. The second-order valence-electron chi connectivity index (χ2n) is 6.25. The third kappa shape index (κ3) is 2.19. The molecule has 0 amide bonds. The molecule has 2 fully saturated rings. The highest BCUT2D eigenvalue weighted by molar-refractivity contribution is 5.22. The second kappa shape index (κ2) is 4.67. The first kappa shape index (κ1) is 12.2. The Morgan fingerprint density at radius 3 is 2.67 bits per heavy atom. The number of aryl methyl sites for hydroxylation is 1. The Balaban J connectivity index is 1.65. The lowest BCUT2D eigenvalue weighted by molar-refractivity contribution is 0.0998. The van der Waals surface area contributed by atoms with Crippen molar-refractivity contribution in [3.05, 3.63) is 35.4 Å². The van der Waals surface area contributed by atoms with Crippen LogP contribution in [0.4, 0.5) is 0 Å². The van der Waals surface area contributed by atoms with Crippen molar-refractivity contribution in [3.8, 4) is 0 Å². The number of hydrogen-bond acceptors (Lipinski definition) is 2. The highest BCUT2D eigenvalue weighted by Gasteiger charge is 2.43. The summed E-state index contributed by atoms with van der Waals surface area (Å²) in [6.07, 6.45) is 1.38. The zero-order valence-electron chi connectivity index (χ0n) is 11.8.